The highest BCUT2D eigenvalue weighted by atomic mass is 16.5. The van der Waals surface area contributed by atoms with Crippen molar-refractivity contribution in [2.75, 3.05) is 16.9 Å². The maximum atomic E-state index is 13.9. The molecule has 0 radical (unpaired) electrons. The van der Waals surface area contributed by atoms with E-state index in [1.807, 2.05) is 30.3 Å². The molecule has 1 aliphatic heterocycles. The predicted molar refractivity (Wildman–Crippen MR) is 110 cm³/mol. The Morgan fingerprint density at radius 2 is 1.73 bits per heavy atom. The zero-order chi connectivity index (χ0) is 20.5. The number of anilines is 3. The molecule has 1 N–H and O–H groups in total. The molecule has 3 aromatic rings. The van der Waals surface area contributed by atoms with E-state index >= 15 is 0 Å². The van der Waals surface area contributed by atoms with Crippen LogP contribution in [0.4, 0.5) is 17.3 Å². The largest absolute Gasteiger partial charge is 0.381 e. The first-order valence-corrected chi connectivity index (χ1v) is 10.1. The van der Waals surface area contributed by atoms with Gasteiger partial charge in [-0.15, -0.1) is 0 Å². The van der Waals surface area contributed by atoms with Crippen molar-refractivity contribution in [1.82, 2.24) is 25.1 Å². The highest BCUT2D eigenvalue weighted by Gasteiger charge is 2.46. The van der Waals surface area contributed by atoms with Crippen molar-refractivity contribution in [1.29, 1.82) is 0 Å². The quantitative estimate of drug-likeness (QED) is 0.712. The Balaban J connectivity index is 1.63. The van der Waals surface area contributed by atoms with E-state index in [2.05, 4.69) is 30.0 Å². The molecule has 1 unspecified atom stereocenters. The van der Waals surface area contributed by atoms with E-state index in [1.165, 1.54) is 6.33 Å². The van der Waals surface area contributed by atoms with E-state index in [9.17, 15) is 4.79 Å². The number of benzene rings is 1. The minimum absolute atomic E-state index is 0.122. The minimum atomic E-state index is -0.676. The molecule has 1 amide bonds. The molecule has 2 aromatic heterocycles. The lowest BCUT2D eigenvalue weighted by Gasteiger charge is -2.45. The number of H-pyrrole nitrogens is 1. The Labute approximate surface area is 174 Å². The number of carbonyl (C=O) groups excluding carboxylic acids is 1. The first kappa shape index (κ1) is 18.7. The fraction of sp³-hybridized carbons (Fsp3) is 0.381. The number of fused-ring (bicyclic) bond motifs is 1. The number of nitrogens with one attached hydrogen (secondary N) is 1. The summed E-state index contributed by atoms with van der Waals surface area (Å²) in [5.41, 5.74) is 0.743. The van der Waals surface area contributed by atoms with Crippen LogP contribution in [-0.2, 0) is 9.53 Å². The van der Waals surface area contributed by atoms with E-state index in [4.69, 9.17) is 4.74 Å². The number of aromatic amines is 1. The number of rotatable bonds is 4. The molecule has 1 saturated carbocycles. The third-order valence-electron chi connectivity index (χ3n) is 5.91. The Morgan fingerprint density at radius 1 is 1.00 bits per heavy atom. The van der Waals surface area contributed by atoms with Crippen LogP contribution in [0.3, 0.4) is 0 Å². The number of nitrogens with zero attached hydrogens (tertiary/aromatic N) is 6. The van der Waals surface area contributed by atoms with Gasteiger partial charge in [0, 0.05) is 25.5 Å². The van der Waals surface area contributed by atoms with Crippen LogP contribution >= 0.6 is 0 Å². The third-order valence-corrected chi connectivity index (χ3v) is 5.91. The summed E-state index contributed by atoms with van der Waals surface area (Å²) >= 11 is 0. The van der Waals surface area contributed by atoms with Gasteiger partial charge >= 0.3 is 0 Å². The lowest BCUT2D eigenvalue weighted by Crippen LogP contribution is -2.52. The highest BCUT2D eigenvalue weighted by molar-refractivity contribution is 6.09. The fourth-order valence-electron chi connectivity index (χ4n) is 4.49. The molecular weight excluding hydrogens is 382 g/mol. The molecule has 154 valence electrons. The number of ether oxygens (including phenoxy) is 1. The van der Waals surface area contributed by atoms with Gasteiger partial charge < -0.3 is 9.64 Å². The van der Waals surface area contributed by atoms with Crippen molar-refractivity contribution in [2.45, 2.75) is 43.9 Å². The summed E-state index contributed by atoms with van der Waals surface area (Å²) < 4.78 is 5.54. The Kier molecular flexibility index (Phi) is 4.88. The van der Waals surface area contributed by atoms with Crippen LogP contribution in [0.1, 0.15) is 37.5 Å². The van der Waals surface area contributed by atoms with Crippen molar-refractivity contribution in [3.8, 4) is 0 Å². The fourth-order valence-corrected chi connectivity index (χ4v) is 4.49. The van der Waals surface area contributed by atoms with Gasteiger partial charge in [0.1, 0.15) is 6.33 Å². The lowest BCUT2D eigenvalue weighted by molar-refractivity contribution is -0.120. The number of amides is 1. The second-order valence-electron chi connectivity index (χ2n) is 7.55. The van der Waals surface area contributed by atoms with Gasteiger partial charge in [0.15, 0.2) is 23.5 Å². The number of carbonyl (C=O) groups is 1. The van der Waals surface area contributed by atoms with E-state index in [1.54, 1.807) is 24.4 Å². The van der Waals surface area contributed by atoms with Crippen molar-refractivity contribution in [3.05, 3.63) is 54.9 Å². The zero-order valence-electron chi connectivity index (χ0n) is 16.7. The van der Waals surface area contributed by atoms with Crippen molar-refractivity contribution >= 4 is 23.2 Å². The summed E-state index contributed by atoms with van der Waals surface area (Å²) in [4.78, 5) is 31.1. The maximum absolute atomic E-state index is 13.9. The summed E-state index contributed by atoms with van der Waals surface area (Å²) in [5.74, 6) is 1.51. The predicted octanol–water partition coefficient (Wildman–Crippen LogP) is 2.78. The number of para-hydroxylation sites is 1. The molecule has 1 aliphatic carbocycles. The summed E-state index contributed by atoms with van der Waals surface area (Å²) in [7, 11) is 1.75. The normalized spacial score (nSPS) is 24.0. The number of methoxy groups -OCH3 is 1. The summed E-state index contributed by atoms with van der Waals surface area (Å²) in [6.45, 7) is 0. The van der Waals surface area contributed by atoms with E-state index in [0.717, 1.165) is 31.4 Å². The van der Waals surface area contributed by atoms with Gasteiger partial charge in [-0.3, -0.25) is 14.8 Å². The molecule has 5 rings (SSSR count). The summed E-state index contributed by atoms with van der Waals surface area (Å²) in [5, 5.41) is 7.02. The minimum Gasteiger partial charge on any atom is -0.381 e. The Hall–Kier alpha value is -3.33. The Bertz CT molecular complexity index is 1000. The van der Waals surface area contributed by atoms with Crippen LogP contribution in [-0.4, -0.2) is 50.3 Å². The van der Waals surface area contributed by atoms with Gasteiger partial charge in [-0.1, -0.05) is 18.2 Å². The number of hydrogen-bond donors (Lipinski definition) is 1. The van der Waals surface area contributed by atoms with Crippen molar-refractivity contribution < 1.29 is 9.53 Å². The van der Waals surface area contributed by atoms with Crippen LogP contribution < -0.4 is 9.80 Å². The first-order chi connectivity index (χ1) is 14.8. The Morgan fingerprint density at radius 3 is 2.40 bits per heavy atom. The molecule has 0 saturated heterocycles. The molecule has 30 heavy (non-hydrogen) atoms. The van der Waals surface area contributed by atoms with Gasteiger partial charge in [-0.05, 0) is 37.8 Å². The molecule has 1 aromatic carbocycles. The van der Waals surface area contributed by atoms with E-state index in [-0.39, 0.29) is 18.1 Å². The molecule has 2 aliphatic rings. The highest BCUT2D eigenvalue weighted by Crippen LogP contribution is 2.44. The van der Waals surface area contributed by atoms with Crippen molar-refractivity contribution in [3.63, 3.8) is 0 Å². The molecule has 0 bridgehead atoms. The van der Waals surface area contributed by atoms with Gasteiger partial charge in [0.25, 0.3) is 5.91 Å². The number of hydrogen-bond acceptors (Lipinski definition) is 7. The second-order valence-corrected chi connectivity index (χ2v) is 7.55. The average Bonchev–Trinajstić information content (AvgIpc) is 3.33. The van der Waals surface area contributed by atoms with Crippen LogP contribution in [0, 0.1) is 0 Å². The maximum Gasteiger partial charge on any atom is 0.263 e. The molecule has 1 atom stereocenters. The van der Waals surface area contributed by atoms with Gasteiger partial charge in [0.2, 0.25) is 0 Å². The SMILES string of the molecule is CO[C@H]1CC[C@H](N2c3nccnc3N(c3ccccc3)C(=O)C2c2nc[nH]n2)CC1. The summed E-state index contributed by atoms with van der Waals surface area (Å²) in [6, 6.07) is 8.96. The van der Waals surface area contributed by atoms with Crippen molar-refractivity contribution in [2.24, 2.45) is 0 Å². The van der Waals surface area contributed by atoms with Crippen LogP contribution in [0.25, 0.3) is 0 Å². The number of aromatic nitrogens is 5. The van der Waals surface area contributed by atoms with Crippen LogP contribution in [0.2, 0.25) is 0 Å². The molecule has 0 spiro atoms. The molecule has 3 heterocycles. The molecular formula is C21H23N7O2. The van der Waals surface area contributed by atoms with Crippen LogP contribution in [0.5, 0.6) is 0 Å². The molecule has 1 fully saturated rings. The van der Waals surface area contributed by atoms with E-state index < -0.39 is 6.04 Å². The third kappa shape index (κ3) is 3.11. The van der Waals surface area contributed by atoms with Gasteiger partial charge in [-0.2, -0.15) is 5.10 Å². The first-order valence-electron chi connectivity index (χ1n) is 10.1. The standard InChI is InChI=1S/C21H23N7O2/c1-30-16-9-7-15(8-10-16)27-17(18-24-13-25-26-18)21(29)28(14-5-3-2-4-6-14)20-19(27)22-11-12-23-20/h2-6,11-13,15-17H,7-10H2,1H3,(H,24,25,26)/t15-,16-,17?. The topological polar surface area (TPSA) is 100 Å². The molecule has 9 nitrogen and oxygen atoms in total. The average molecular weight is 405 g/mol. The summed E-state index contributed by atoms with van der Waals surface area (Å²) in [6.07, 6.45) is 8.71. The lowest BCUT2D eigenvalue weighted by atomic mass is 9.90. The van der Waals surface area contributed by atoms with Gasteiger partial charge in [-0.25, -0.2) is 15.0 Å². The van der Waals surface area contributed by atoms with Crippen LogP contribution in [0.15, 0.2) is 49.1 Å². The monoisotopic (exact) mass is 405 g/mol. The zero-order valence-corrected chi connectivity index (χ0v) is 16.7. The smallest absolute Gasteiger partial charge is 0.263 e. The second kappa shape index (κ2) is 7.83. The molecule has 9 heteroatoms. The van der Waals surface area contributed by atoms with E-state index in [0.29, 0.717) is 17.5 Å². The van der Waals surface area contributed by atoms with Gasteiger partial charge in [0.05, 0.1) is 11.8 Å².